The standard InChI is InChI=1S/C16H14O4/c1-11(17)20-10-13-8-5-9-14(15(13)16(18)19)12-6-3-2-4-7-12/h2-9H,10H2,1H3,(H,18,19). The molecule has 0 radical (unpaired) electrons. The van der Waals surface area contributed by atoms with E-state index in [1.807, 2.05) is 30.3 Å². The highest BCUT2D eigenvalue weighted by Crippen LogP contribution is 2.26. The van der Waals surface area contributed by atoms with Crippen molar-refractivity contribution < 1.29 is 19.4 Å². The molecule has 4 heteroatoms. The molecule has 20 heavy (non-hydrogen) atoms. The summed E-state index contributed by atoms with van der Waals surface area (Å²) in [5.41, 5.74) is 2.08. The Hall–Kier alpha value is -2.62. The van der Waals surface area contributed by atoms with Crippen molar-refractivity contribution in [3.8, 4) is 11.1 Å². The molecule has 102 valence electrons. The molecule has 0 bridgehead atoms. The van der Waals surface area contributed by atoms with Gasteiger partial charge in [-0.3, -0.25) is 4.79 Å². The molecule has 0 saturated carbocycles. The molecule has 0 atom stereocenters. The molecule has 0 heterocycles. The zero-order chi connectivity index (χ0) is 14.5. The molecule has 0 aliphatic carbocycles. The van der Waals surface area contributed by atoms with Crippen LogP contribution in [0.1, 0.15) is 22.8 Å². The number of carboxylic acid groups (broad SMARTS) is 1. The maximum Gasteiger partial charge on any atom is 0.336 e. The summed E-state index contributed by atoms with van der Waals surface area (Å²) >= 11 is 0. The third kappa shape index (κ3) is 3.03. The van der Waals surface area contributed by atoms with E-state index in [1.54, 1.807) is 18.2 Å². The molecule has 0 aliphatic rings. The molecule has 4 nitrogen and oxygen atoms in total. The average molecular weight is 270 g/mol. The minimum atomic E-state index is -1.04. The number of esters is 1. The normalized spacial score (nSPS) is 10.1. The molecule has 0 saturated heterocycles. The van der Waals surface area contributed by atoms with Gasteiger partial charge in [0.15, 0.2) is 0 Å². The van der Waals surface area contributed by atoms with E-state index >= 15 is 0 Å². The van der Waals surface area contributed by atoms with Crippen LogP contribution in [0.2, 0.25) is 0 Å². The Balaban J connectivity index is 2.50. The second-order valence-corrected chi connectivity index (χ2v) is 4.29. The Kier molecular flexibility index (Phi) is 4.15. The maximum atomic E-state index is 11.5. The number of aromatic carboxylic acids is 1. The summed E-state index contributed by atoms with van der Waals surface area (Å²) < 4.78 is 4.91. The van der Waals surface area contributed by atoms with Crippen LogP contribution in [0.4, 0.5) is 0 Å². The summed E-state index contributed by atoms with van der Waals surface area (Å²) in [7, 11) is 0. The Labute approximate surface area is 116 Å². The molecular formula is C16H14O4. The van der Waals surface area contributed by atoms with Gasteiger partial charge in [-0.2, -0.15) is 0 Å². The maximum absolute atomic E-state index is 11.5. The molecule has 0 aromatic heterocycles. The van der Waals surface area contributed by atoms with Gasteiger partial charge in [0, 0.05) is 12.5 Å². The Morgan fingerprint density at radius 2 is 1.75 bits per heavy atom. The van der Waals surface area contributed by atoms with Gasteiger partial charge in [0.25, 0.3) is 0 Å². The third-order valence-electron chi connectivity index (χ3n) is 2.88. The summed E-state index contributed by atoms with van der Waals surface area (Å²) in [6.45, 7) is 1.25. The predicted octanol–water partition coefficient (Wildman–Crippen LogP) is 3.11. The van der Waals surface area contributed by atoms with Crippen LogP contribution < -0.4 is 0 Å². The van der Waals surface area contributed by atoms with Crippen molar-refractivity contribution >= 4 is 11.9 Å². The fourth-order valence-corrected chi connectivity index (χ4v) is 2.01. The number of hydrogen-bond acceptors (Lipinski definition) is 3. The molecule has 2 aromatic rings. The van der Waals surface area contributed by atoms with Gasteiger partial charge in [-0.15, -0.1) is 0 Å². The summed E-state index contributed by atoms with van der Waals surface area (Å²) in [4.78, 5) is 22.4. The molecule has 0 aliphatic heterocycles. The number of carboxylic acids is 1. The largest absolute Gasteiger partial charge is 0.478 e. The zero-order valence-electron chi connectivity index (χ0n) is 11.0. The summed E-state index contributed by atoms with van der Waals surface area (Å²) in [6, 6.07) is 14.4. The number of carbonyl (C=O) groups excluding carboxylic acids is 1. The molecule has 2 aromatic carbocycles. The second-order valence-electron chi connectivity index (χ2n) is 4.29. The van der Waals surface area contributed by atoms with Crippen molar-refractivity contribution in [2.24, 2.45) is 0 Å². The first kappa shape index (κ1) is 13.8. The lowest BCUT2D eigenvalue weighted by atomic mass is 9.96. The quantitative estimate of drug-likeness (QED) is 0.867. The van der Waals surface area contributed by atoms with Crippen LogP contribution in [0, 0.1) is 0 Å². The Morgan fingerprint density at radius 3 is 2.35 bits per heavy atom. The first-order valence-electron chi connectivity index (χ1n) is 6.13. The van der Waals surface area contributed by atoms with E-state index < -0.39 is 11.9 Å². The van der Waals surface area contributed by atoms with Gasteiger partial charge in [0.1, 0.15) is 6.61 Å². The van der Waals surface area contributed by atoms with Crippen LogP contribution in [0.3, 0.4) is 0 Å². The van der Waals surface area contributed by atoms with Crippen molar-refractivity contribution in [2.45, 2.75) is 13.5 Å². The van der Waals surface area contributed by atoms with Crippen molar-refractivity contribution in [3.63, 3.8) is 0 Å². The fourth-order valence-electron chi connectivity index (χ4n) is 2.01. The van der Waals surface area contributed by atoms with Gasteiger partial charge in [-0.05, 0) is 11.1 Å². The van der Waals surface area contributed by atoms with Crippen LogP contribution in [-0.2, 0) is 16.1 Å². The average Bonchev–Trinajstić information content (AvgIpc) is 2.45. The van der Waals surface area contributed by atoms with E-state index in [0.717, 1.165) is 5.56 Å². The SMILES string of the molecule is CC(=O)OCc1cccc(-c2ccccc2)c1C(=O)O. The number of carbonyl (C=O) groups is 2. The molecule has 1 N–H and O–H groups in total. The van der Waals surface area contributed by atoms with Gasteiger partial charge >= 0.3 is 11.9 Å². The first-order chi connectivity index (χ1) is 9.59. The summed E-state index contributed by atoms with van der Waals surface area (Å²) in [5.74, 6) is -1.47. The van der Waals surface area contributed by atoms with Crippen molar-refractivity contribution in [1.82, 2.24) is 0 Å². The van der Waals surface area contributed by atoms with Crippen molar-refractivity contribution in [1.29, 1.82) is 0 Å². The van der Waals surface area contributed by atoms with E-state index in [4.69, 9.17) is 4.74 Å². The van der Waals surface area contributed by atoms with Gasteiger partial charge in [0.05, 0.1) is 5.56 Å². The lowest BCUT2D eigenvalue weighted by Crippen LogP contribution is -2.08. The molecule has 0 spiro atoms. The number of hydrogen-bond donors (Lipinski definition) is 1. The highest BCUT2D eigenvalue weighted by atomic mass is 16.5. The molecular weight excluding hydrogens is 256 g/mol. The highest BCUT2D eigenvalue weighted by molar-refractivity contribution is 5.97. The van der Waals surface area contributed by atoms with Crippen LogP contribution in [0.5, 0.6) is 0 Å². The Bertz CT molecular complexity index is 632. The van der Waals surface area contributed by atoms with E-state index in [-0.39, 0.29) is 12.2 Å². The van der Waals surface area contributed by atoms with Crippen molar-refractivity contribution in [2.75, 3.05) is 0 Å². The minimum absolute atomic E-state index is 0.0440. The molecule has 0 amide bonds. The van der Waals surface area contributed by atoms with Crippen LogP contribution in [-0.4, -0.2) is 17.0 Å². The van der Waals surface area contributed by atoms with Gasteiger partial charge < -0.3 is 9.84 Å². The Morgan fingerprint density at radius 1 is 1.05 bits per heavy atom. The molecule has 0 fully saturated rings. The van der Waals surface area contributed by atoms with Gasteiger partial charge in [0.2, 0.25) is 0 Å². The van der Waals surface area contributed by atoms with Crippen LogP contribution in [0.15, 0.2) is 48.5 Å². The summed E-state index contributed by atoms with van der Waals surface area (Å²) in [5, 5.41) is 9.43. The van der Waals surface area contributed by atoms with Crippen LogP contribution >= 0.6 is 0 Å². The number of benzene rings is 2. The predicted molar refractivity (Wildman–Crippen MR) is 74.3 cm³/mol. The fraction of sp³-hybridized carbons (Fsp3) is 0.125. The number of rotatable bonds is 4. The lowest BCUT2D eigenvalue weighted by molar-refractivity contribution is -0.142. The van der Waals surface area contributed by atoms with E-state index in [2.05, 4.69) is 0 Å². The summed E-state index contributed by atoms with van der Waals surface area (Å²) in [6.07, 6.45) is 0. The molecule has 2 rings (SSSR count). The van der Waals surface area contributed by atoms with E-state index in [0.29, 0.717) is 11.1 Å². The van der Waals surface area contributed by atoms with E-state index in [9.17, 15) is 14.7 Å². The second kappa shape index (κ2) is 6.02. The monoisotopic (exact) mass is 270 g/mol. The van der Waals surface area contributed by atoms with Crippen molar-refractivity contribution in [3.05, 3.63) is 59.7 Å². The topological polar surface area (TPSA) is 63.6 Å². The van der Waals surface area contributed by atoms with Crippen LogP contribution in [0.25, 0.3) is 11.1 Å². The highest BCUT2D eigenvalue weighted by Gasteiger charge is 2.17. The molecule has 0 unspecified atom stereocenters. The smallest absolute Gasteiger partial charge is 0.336 e. The zero-order valence-corrected chi connectivity index (χ0v) is 11.0. The third-order valence-corrected chi connectivity index (χ3v) is 2.88. The lowest BCUT2D eigenvalue weighted by Gasteiger charge is -2.11. The number of ether oxygens (including phenoxy) is 1. The van der Waals surface area contributed by atoms with E-state index in [1.165, 1.54) is 6.92 Å². The minimum Gasteiger partial charge on any atom is -0.478 e. The first-order valence-corrected chi connectivity index (χ1v) is 6.13. The van der Waals surface area contributed by atoms with Gasteiger partial charge in [-0.25, -0.2) is 4.79 Å². The van der Waals surface area contributed by atoms with Gasteiger partial charge in [-0.1, -0.05) is 48.5 Å².